The van der Waals surface area contributed by atoms with Crippen molar-refractivity contribution in [1.29, 1.82) is 0 Å². The molecule has 0 aromatic heterocycles. The Hall–Kier alpha value is 0.580. The number of hydrazine groups is 1. The first kappa shape index (κ1) is 12.0. The summed E-state index contributed by atoms with van der Waals surface area (Å²) in [5.41, 5.74) is 3.05. The molecule has 0 saturated carbocycles. The maximum absolute atomic E-state index is 5.72. The summed E-state index contributed by atoms with van der Waals surface area (Å²) in [6.45, 7) is 1.82. The van der Waals surface area contributed by atoms with Gasteiger partial charge >= 0.3 is 0 Å². The molecule has 2 atom stereocenters. The fourth-order valence-corrected chi connectivity index (χ4v) is 5.28. The second kappa shape index (κ2) is 6.35. The minimum Gasteiger partial charge on any atom is -0.381 e. The highest BCUT2D eigenvalue weighted by Crippen LogP contribution is 2.32. The van der Waals surface area contributed by atoms with Gasteiger partial charge in [-0.05, 0) is 18.8 Å². The summed E-state index contributed by atoms with van der Waals surface area (Å²) >= 11 is 4.15. The van der Waals surface area contributed by atoms with Gasteiger partial charge in [0.05, 0.1) is 0 Å². The molecule has 2 fully saturated rings. The van der Waals surface area contributed by atoms with Gasteiger partial charge in [-0.3, -0.25) is 11.3 Å². The van der Waals surface area contributed by atoms with Crippen LogP contribution in [-0.2, 0) is 4.74 Å². The highest BCUT2D eigenvalue weighted by Gasteiger charge is 2.31. The average Bonchev–Trinajstić information content (AvgIpc) is 2.33. The summed E-state index contributed by atoms with van der Waals surface area (Å²) in [5, 5.41) is 0.692. The van der Waals surface area contributed by atoms with Crippen LogP contribution < -0.4 is 11.3 Å². The number of nitrogens with two attached hydrogens (primary N) is 1. The van der Waals surface area contributed by atoms with E-state index in [1.165, 1.54) is 17.3 Å². The topological polar surface area (TPSA) is 47.3 Å². The van der Waals surface area contributed by atoms with E-state index in [0.29, 0.717) is 17.2 Å². The maximum atomic E-state index is 5.72. The number of hydrogen-bond donors (Lipinski definition) is 2. The molecule has 2 heterocycles. The number of hydrogen-bond acceptors (Lipinski definition) is 5. The third-order valence-corrected chi connectivity index (χ3v) is 6.09. The highest BCUT2D eigenvalue weighted by molar-refractivity contribution is 8.06. The van der Waals surface area contributed by atoms with Crippen molar-refractivity contribution in [3.63, 3.8) is 0 Å². The summed E-state index contributed by atoms with van der Waals surface area (Å²) in [6.07, 6.45) is 2.33. The Morgan fingerprint density at radius 3 is 2.67 bits per heavy atom. The maximum Gasteiger partial charge on any atom is 0.0469 e. The normalized spacial score (nSPS) is 31.4. The van der Waals surface area contributed by atoms with Gasteiger partial charge in [0.15, 0.2) is 0 Å². The van der Waals surface area contributed by atoms with E-state index in [2.05, 4.69) is 28.9 Å². The summed E-state index contributed by atoms with van der Waals surface area (Å²) in [6, 6.07) is 0.478. The van der Waals surface area contributed by atoms with Crippen molar-refractivity contribution in [2.24, 2.45) is 11.8 Å². The minimum atomic E-state index is 0.478. The Morgan fingerprint density at radius 1 is 1.27 bits per heavy atom. The van der Waals surface area contributed by atoms with E-state index in [-0.39, 0.29) is 0 Å². The summed E-state index contributed by atoms with van der Waals surface area (Å²) in [7, 11) is 0. The highest BCUT2D eigenvalue weighted by atomic mass is 32.2. The van der Waals surface area contributed by atoms with Crippen molar-refractivity contribution in [2.75, 3.05) is 30.5 Å². The third kappa shape index (κ3) is 3.27. The third-order valence-electron chi connectivity index (χ3n) is 3.21. The van der Waals surface area contributed by atoms with E-state index in [9.17, 15) is 0 Å². The smallest absolute Gasteiger partial charge is 0.0469 e. The first-order valence-electron chi connectivity index (χ1n) is 5.65. The molecule has 3 nitrogen and oxygen atoms in total. The molecule has 0 aromatic rings. The van der Waals surface area contributed by atoms with Crippen molar-refractivity contribution >= 4 is 23.5 Å². The van der Waals surface area contributed by atoms with Crippen molar-refractivity contribution < 1.29 is 4.74 Å². The summed E-state index contributed by atoms with van der Waals surface area (Å²) in [4.78, 5) is 0. The Balaban J connectivity index is 1.88. The minimum absolute atomic E-state index is 0.478. The van der Waals surface area contributed by atoms with Gasteiger partial charge in [0.2, 0.25) is 0 Å². The van der Waals surface area contributed by atoms with E-state index >= 15 is 0 Å². The molecule has 3 N–H and O–H groups in total. The second-order valence-electron chi connectivity index (χ2n) is 4.13. The molecule has 15 heavy (non-hydrogen) atoms. The van der Waals surface area contributed by atoms with Crippen LogP contribution in [0.4, 0.5) is 0 Å². The van der Waals surface area contributed by atoms with E-state index < -0.39 is 0 Å². The fourth-order valence-electron chi connectivity index (χ4n) is 2.34. The molecule has 2 aliphatic heterocycles. The molecule has 5 heteroatoms. The van der Waals surface area contributed by atoms with Crippen molar-refractivity contribution in [3.05, 3.63) is 0 Å². The predicted octanol–water partition coefficient (Wildman–Crippen LogP) is 1.09. The van der Waals surface area contributed by atoms with Crippen LogP contribution in [0, 0.1) is 5.92 Å². The standard InChI is InChI=1S/C10H20N2OS2/c11-12-10(8-1-3-13-4-2-8)9-7-14-5-6-15-9/h8-10,12H,1-7,11H2. The molecule has 2 aliphatic rings. The quantitative estimate of drug-likeness (QED) is 0.578. The SMILES string of the molecule is NNC(C1CCOCC1)C1CSCCS1. The number of thioether (sulfide) groups is 2. The molecule has 0 aliphatic carbocycles. The monoisotopic (exact) mass is 248 g/mol. The predicted molar refractivity (Wildman–Crippen MR) is 68.2 cm³/mol. The lowest BCUT2D eigenvalue weighted by atomic mass is 9.90. The first-order valence-corrected chi connectivity index (χ1v) is 7.85. The second-order valence-corrected chi connectivity index (χ2v) is 6.62. The van der Waals surface area contributed by atoms with Crippen LogP contribution in [-0.4, -0.2) is 41.8 Å². The van der Waals surface area contributed by atoms with E-state index in [0.717, 1.165) is 26.1 Å². The van der Waals surface area contributed by atoms with Gasteiger partial charge in [-0.15, -0.1) is 0 Å². The molecular formula is C10H20N2OS2. The van der Waals surface area contributed by atoms with Crippen LogP contribution >= 0.6 is 23.5 Å². The van der Waals surface area contributed by atoms with E-state index in [1.54, 1.807) is 0 Å². The molecule has 2 unspecified atom stereocenters. The van der Waals surface area contributed by atoms with Crippen LogP contribution in [0.2, 0.25) is 0 Å². The van der Waals surface area contributed by atoms with Gasteiger partial charge in [0.25, 0.3) is 0 Å². The fraction of sp³-hybridized carbons (Fsp3) is 1.00. The van der Waals surface area contributed by atoms with E-state index in [4.69, 9.17) is 10.6 Å². The van der Waals surface area contributed by atoms with Gasteiger partial charge in [-0.2, -0.15) is 23.5 Å². The summed E-state index contributed by atoms with van der Waals surface area (Å²) < 4.78 is 5.40. The van der Waals surface area contributed by atoms with Crippen molar-refractivity contribution in [3.8, 4) is 0 Å². The van der Waals surface area contributed by atoms with Crippen molar-refractivity contribution in [1.82, 2.24) is 5.43 Å². The zero-order chi connectivity index (χ0) is 10.5. The molecule has 0 aromatic carbocycles. The molecule has 2 rings (SSSR count). The van der Waals surface area contributed by atoms with Gasteiger partial charge in [-0.1, -0.05) is 0 Å². The molecule has 2 saturated heterocycles. The zero-order valence-corrected chi connectivity index (χ0v) is 10.6. The lowest BCUT2D eigenvalue weighted by Crippen LogP contribution is -2.50. The zero-order valence-electron chi connectivity index (χ0n) is 8.98. The van der Waals surface area contributed by atoms with Crippen LogP contribution in [0.5, 0.6) is 0 Å². The van der Waals surface area contributed by atoms with Crippen LogP contribution in [0.15, 0.2) is 0 Å². The molecule has 0 bridgehead atoms. The van der Waals surface area contributed by atoms with Crippen LogP contribution in [0.3, 0.4) is 0 Å². The number of nitrogens with one attached hydrogen (secondary N) is 1. The molecule has 88 valence electrons. The molecular weight excluding hydrogens is 228 g/mol. The Bertz CT molecular complexity index is 164. The Morgan fingerprint density at radius 2 is 2.07 bits per heavy atom. The van der Waals surface area contributed by atoms with Crippen molar-refractivity contribution in [2.45, 2.75) is 24.1 Å². The van der Waals surface area contributed by atoms with Gasteiger partial charge in [0, 0.05) is 41.8 Å². The van der Waals surface area contributed by atoms with Gasteiger partial charge in [-0.25, -0.2) is 0 Å². The number of rotatable bonds is 3. The average molecular weight is 248 g/mol. The van der Waals surface area contributed by atoms with E-state index in [1.807, 2.05) is 0 Å². The van der Waals surface area contributed by atoms with Gasteiger partial charge < -0.3 is 4.74 Å². The molecule has 0 radical (unpaired) electrons. The lowest BCUT2D eigenvalue weighted by Gasteiger charge is -2.36. The summed E-state index contributed by atoms with van der Waals surface area (Å²) in [5.74, 6) is 10.2. The molecule has 0 amide bonds. The first-order chi connectivity index (χ1) is 7.42. The van der Waals surface area contributed by atoms with Crippen LogP contribution in [0.25, 0.3) is 0 Å². The molecule has 0 spiro atoms. The number of ether oxygens (including phenoxy) is 1. The van der Waals surface area contributed by atoms with Gasteiger partial charge in [0.1, 0.15) is 0 Å². The Labute approximate surface area is 100 Å². The van der Waals surface area contributed by atoms with Crippen LogP contribution in [0.1, 0.15) is 12.8 Å². The Kier molecular flexibility index (Phi) is 5.10. The largest absolute Gasteiger partial charge is 0.381 e. The lowest BCUT2D eigenvalue weighted by molar-refractivity contribution is 0.0541.